The summed E-state index contributed by atoms with van der Waals surface area (Å²) in [6.45, 7) is 16.4. The lowest BCUT2D eigenvalue weighted by Crippen LogP contribution is -2.55. The number of ether oxygens (including phenoxy) is 1. The van der Waals surface area contributed by atoms with E-state index in [0.717, 1.165) is 18.8 Å². The van der Waals surface area contributed by atoms with E-state index in [1.165, 1.54) is 0 Å². The van der Waals surface area contributed by atoms with Gasteiger partial charge in [0.05, 0.1) is 17.6 Å². The first kappa shape index (κ1) is 71.0. The summed E-state index contributed by atoms with van der Waals surface area (Å²) in [6, 6.07) is 1.98. The average Bonchev–Trinajstić information content (AvgIpc) is 0.931. The summed E-state index contributed by atoms with van der Waals surface area (Å²) >= 11 is 0. The zero-order chi connectivity index (χ0) is 65.0. The van der Waals surface area contributed by atoms with Crippen LogP contribution in [0.2, 0.25) is 0 Å². The number of aromatic nitrogens is 1. The SMILES string of the molecule is C=C=C=C=C=C=C=C=C=C=C=C=C=C=C=C=C=C=C=C=C=C=C=C=C=C=C=C=C=C=C=C=C=C=C=C=C=C=C=C=C=C=C=C=C=C=C=C=C=C=C=C=C=C=C=C=C=C=C=C=C=C=C=C=C=C=C=C=C.C[C@H]1CN(c2ccncc2N)CCN1C(=O)OC(C)(C)C. The third-order valence-electron chi connectivity index (χ3n) is 7.60. The Labute approximate surface area is 519 Å². The predicted octanol–water partition coefficient (Wildman–Crippen LogP) is 13.3. The number of hydrogen-bond donors (Lipinski definition) is 1. The van der Waals surface area contributed by atoms with E-state index in [9.17, 15) is 4.79 Å². The van der Waals surface area contributed by atoms with E-state index in [1.807, 2.05) is 33.8 Å². The van der Waals surface area contributed by atoms with Gasteiger partial charge in [-0.3, -0.25) is 4.98 Å². The summed E-state index contributed by atoms with van der Waals surface area (Å²) < 4.78 is 5.45. The van der Waals surface area contributed by atoms with Crippen LogP contribution in [0.15, 0.2) is 416 Å². The minimum absolute atomic E-state index is 0.0705. The van der Waals surface area contributed by atoms with Gasteiger partial charge in [0.25, 0.3) is 0 Å². The van der Waals surface area contributed by atoms with E-state index in [4.69, 9.17) is 10.5 Å². The molecule has 1 fully saturated rings. The van der Waals surface area contributed by atoms with Crippen molar-refractivity contribution in [1.82, 2.24) is 9.88 Å². The van der Waals surface area contributed by atoms with Crippen LogP contribution in [-0.4, -0.2) is 47.3 Å². The molecule has 1 aromatic heterocycles. The third kappa shape index (κ3) is 47.1. The minimum atomic E-state index is -0.469. The second-order valence-electron chi connectivity index (χ2n) is 14.9. The number of carbonyl (C=O) groups excluding carboxylic acids is 1. The van der Waals surface area contributed by atoms with Crippen molar-refractivity contribution in [1.29, 1.82) is 0 Å². The Kier molecular flexibility index (Phi) is 42.6. The van der Waals surface area contributed by atoms with Crippen LogP contribution in [0.5, 0.6) is 0 Å². The van der Waals surface area contributed by atoms with Crippen LogP contribution in [0, 0.1) is 0 Å². The number of nitrogens with zero attached hydrogens (tertiary/aromatic N) is 3. The molecule has 0 aromatic carbocycles. The van der Waals surface area contributed by atoms with Gasteiger partial charge >= 0.3 is 6.09 Å². The normalized spacial score (nSPS) is 7.58. The lowest BCUT2D eigenvalue weighted by Gasteiger charge is -2.41. The highest BCUT2D eigenvalue weighted by Crippen LogP contribution is 2.25. The molecule has 1 aromatic rings. The molecule has 2 rings (SSSR count). The highest BCUT2D eigenvalue weighted by Gasteiger charge is 2.31. The molecule has 0 spiro atoms. The molecule has 1 aliphatic heterocycles. The second kappa shape index (κ2) is 54.0. The number of piperazine rings is 1. The Morgan fingerprint density at radius 1 is 0.389 bits per heavy atom. The molecule has 2 N–H and O–H groups in total. The van der Waals surface area contributed by atoms with Crippen LogP contribution in [0.4, 0.5) is 16.2 Å². The topological polar surface area (TPSA) is 71.7 Å². The zero-order valence-corrected chi connectivity index (χ0v) is 48.1. The summed E-state index contributed by atoms with van der Waals surface area (Å²) in [6.07, 6.45) is 3.13. The van der Waals surface area contributed by atoms with Crippen LogP contribution in [0.25, 0.3) is 0 Å². The molecule has 0 unspecified atom stereocenters. The smallest absolute Gasteiger partial charge is 0.410 e. The van der Waals surface area contributed by atoms with Crippen molar-refractivity contribution in [3.05, 3.63) is 416 Å². The number of amides is 1. The number of rotatable bonds is 1. The van der Waals surface area contributed by atoms with Gasteiger partial charge in [-0.2, -0.15) is 0 Å². The van der Waals surface area contributed by atoms with Crippen LogP contribution in [0.1, 0.15) is 27.7 Å². The quantitative estimate of drug-likeness (QED) is 0.284. The van der Waals surface area contributed by atoms with Gasteiger partial charge in [-0.05, 0) is 139 Å². The van der Waals surface area contributed by atoms with Crippen molar-refractivity contribution in [2.75, 3.05) is 30.3 Å². The lowest BCUT2D eigenvalue weighted by atomic mass is 10.1. The van der Waals surface area contributed by atoms with Gasteiger partial charge in [-0.15, -0.1) is 0 Å². The second-order valence-corrected chi connectivity index (χ2v) is 14.9. The van der Waals surface area contributed by atoms with E-state index in [2.05, 4.69) is 407 Å². The van der Waals surface area contributed by atoms with Crippen molar-refractivity contribution in [2.45, 2.75) is 39.3 Å². The summed E-state index contributed by atoms with van der Waals surface area (Å²) in [5.74, 6) is 0. The fourth-order valence-corrected chi connectivity index (χ4v) is 4.51. The van der Waals surface area contributed by atoms with Gasteiger partial charge < -0.3 is 20.3 Å². The molecule has 0 radical (unpaired) electrons. The molecule has 6 heteroatoms. The lowest BCUT2D eigenvalue weighted by molar-refractivity contribution is 0.0159. The molecule has 1 saturated heterocycles. The summed E-state index contributed by atoms with van der Waals surface area (Å²) in [4.78, 5) is 20.2. The maximum absolute atomic E-state index is 12.2. The Morgan fingerprint density at radius 3 is 0.756 bits per heavy atom. The van der Waals surface area contributed by atoms with E-state index in [1.54, 1.807) is 17.3 Å². The van der Waals surface area contributed by atoms with Crippen molar-refractivity contribution in [2.24, 2.45) is 0 Å². The van der Waals surface area contributed by atoms with Gasteiger partial charge in [0.1, 0.15) is 5.60 Å². The van der Waals surface area contributed by atoms with E-state index in [-0.39, 0.29) is 12.1 Å². The minimum Gasteiger partial charge on any atom is -0.444 e. The molecule has 6 nitrogen and oxygen atoms in total. The van der Waals surface area contributed by atoms with Crippen molar-refractivity contribution in [3.63, 3.8) is 0 Å². The van der Waals surface area contributed by atoms with Gasteiger partial charge in [-0.1, -0.05) is 11.5 Å². The molecule has 0 bridgehead atoms. The fraction of sp³-hybridized carbons (Fsp3) is 0.107. The number of pyridine rings is 1. The van der Waals surface area contributed by atoms with Crippen LogP contribution in [-0.2, 0) is 4.74 Å². The average molecular weight is 1130 g/mol. The molecule has 2 heterocycles. The first-order chi connectivity index (χ1) is 44.2. The molecule has 0 saturated carbocycles. The van der Waals surface area contributed by atoms with Gasteiger partial charge in [0.15, 0.2) is 0 Å². The predicted molar refractivity (Wildman–Crippen MR) is 330 cm³/mol. The molecule has 0 aliphatic carbocycles. The summed E-state index contributed by atoms with van der Waals surface area (Å²) in [7, 11) is 0. The number of anilines is 2. The van der Waals surface area contributed by atoms with Gasteiger partial charge in [0, 0.05) is 313 Å². The number of hydrogen-bond acceptors (Lipinski definition) is 5. The summed E-state index contributed by atoms with van der Waals surface area (Å²) in [5, 5.41) is 0. The molecule has 1 amide bonds. The van der Waals surface area contributed by atoms with Gasteiger partial charge in [0.2, 0.25) is 0 Å². The van der Waals surface area contributed by atoms with Crippen LogP contribution in [0.3, 0.4) is 0 Å². The van der Waals surface area contributed by atoms with Crippen LogP contribution >= 0.6 is 0 Å². The Morgan fingerprint density at radius 2 is 0.589 bits per heavy atom. The van der Waals surface area contributed by atoms with Crippen LogP contribution < -0.4 is 10.6 Å². The standard InChI is InChI=1S/C69H4.C15H24N4O2/c1-3-5-7-9-11-13-15-17-19-21-23-25-27-29-31-33-35-37-39-41-43-45-47-49-51-53-55-57-59-61-63-65-67-69-68-66-64-62-60-58-56-54-52-50-48-46-44-42-40-38-36-34-32-30-28-26-24-22-20-18-16-14-12-10-8-6-4-2;1-11-10-18(13-5-6-17-9-12(13)16)7-8-19(11)14(20)21-15(2,3)4/h1-2H2;5-6,9,11H,7-8,10,16H2,1-4H3/t;11-/m.0/s1. The first-order valence-electron chi connectivity index (χ1n) is 24.4. The monoisotopic (exact) mass is 1120 g/mol. The van der Waals surface area contributed by atoms with Gasteiger partial charge in [-0.25, -0.2) is 4.79 Å². The molecule has 90 heavy (non-hydrogen) atoms. The largest absolute Gasteiger partial charge is 0.444 e. The number of nitrogens with two attached hydrogens (primary N) is 1. The Balaban J connectivity index is 0.00000160. The molecule has 1 atom stereocenters. The maximum Gasteiger partial charge on any atom is 0.410 e. The zero-order valence-electron chi connectivity index (χ0n) is 48.1. The Bertz CT molecular complexity index is 5710. The maximum atomic E-state index is 12.2. The highest BCUT2D eigenvalue weighted by molar-refractivity contribution is 5.70. The number of carbonyl (C=O) groups is 1. The molecular formula is C84H28N4O2. The summed E-state index contributed by atoms with van der Waals surface area (Å²) in [5.41, 5.74) is 174. The highest BCUT2D eigenvalue weighted by atomic mass is 16.6. The fourth-order valence-electron chi connectivity index (χ4n) is 4.51. The van der Waals surface area contributed by atoms with Crippen molar-refractivity contribution < 1.29 is 9.53 Å². The molecule has 1 aliphatic rings. The third-order valence-corrected chi connectivity index (χ3v) is 7.60. The number of nitrogen functional groups attached to an aromatic ring is 1. The molecule has 396 valence electrons. The Hall–Kier alpha value is -17.0. The van der Waals surface area contributed by atoms with E-state index >= 15 is 0 Å². The molecular weight excluding hydrogens is 1100 g/mol. The van der Waals surface area contributed by atoms with E-state index < -0.39 is 5.60 Å². The van der Waals surface area contributed by atoms with E-state index in [0.29, 0.717) is 12.2 Å². The first-order valence-corrected chi connectivity index (χ1v) is 24.4. The van der Waals surface area contributed by atoms with Crippen molar-refractivity contribution in [3.8, 4) is 0 Å². The van der Waals surface area contributed by atoms with Crippen molar-refractivity contribution >= 4 is 17.5 Å².